The van der Waals surface area contributed by atoms with Gasteiger partial charge in [-0.1, -0.05) is 41.5 Å². The maximum atomic E-state index is 12.1. The zero-order valence-corrected chi connectivity index (χ0v) is 13.7. The van der Waals surface area contributed by atoms with Crippen LogP contribution in [0.3, 0.4) is 0 Å². The highest BCUT2D eigenvalue weighted by Gasteiger charge is 2.27. The monoisotopic (exact) mass is 291 g/mol. The fourth-order valence-corrected chi connectivity index (χ4v) is 2.20. The van der Waals surface area contributed by atoms with Gasteiger partial charge in [-0.25, -0.2) is 0 Å². The van der Waals surface area contributed by atoms with Crippen LogP contribution in [0.4, 0.5) is 0 Å². The van der Waals surface area contributed by atoms with E-state index in [4.69, 9.17) is 5.73 Å². The lowest BCUT2D eigenvalue weighted by Gasteiger charge is -2.28. The van der Waals surface area contributed by atoms with Gasteiger partial charge < -0.3 is 10.8 Å². The quantitative estimate of drug-likeness (QED) is 0.663. The normalized spacial score (nSPS) is 12.3. The molecule has 1 rings (SSSR count). The lowest BCUT2D eigenvalue weighted by Crippen LogP contribution is -2.20. The molecule has 4 nitrogen and oxygen atoms in total. The standard InChI is InChI=1S/C17H25NO3/c1-16(2,3)11-7-10(13(19)9-14(18)20)8-12(15(11)21)17(4,5)6/h7-8,21H,9H2,1-6H3,(H2,18,20). The van der Waals surface area contributed by atoms with Crippen molar-refractivity contribution in [3.8, 4) is 5.75 Å². The minimum absolute atomic E-state index is 0.214. The van der Waals surface area contributed by atoms with Crippen LogP contribution in [-0.2, 0) is 15.6 Å². The smallest absolute Gasteiger partial charge is 0.225 e. The Morgan fingerprint density at radius 3 is 1.67 bits per heavy atom. The van der Waals surface area contributed by atoms with E-state index in [1.54, 1.807) is 12.1 Å². The van der Waals surface area contributed by atoms with Gasteiger partial charge >= 0.3 is 0 Å². The summed E-state index contributed by atoms with van der Waals surface area (Å²) in [7, 11) is 0. The zero-order valence-electron chi connectivity index (χ0n) is 13.7. The number of hydrogen-bond donors (Lipinski definition) is 2. The summed E-state index contributed by atoms with van der Waals surface area (Å²) in [4.78, 5) is 23.1. The summed E-state index contributed by atoms with van der Waals surface area (Å²) in [6.45, 7) is 11.8. The fraction of sp³-hybridized carbons (Fsp3) is 0.529. The first-order valence-corrected chi connectivity index (χ1v) is 7.03. The number of hydrogen-bond acceptors (Lipinski definition) is 3. The van der Waals surface area contributed by atoms with E-state index in [0.717, 1.165) is 0 Å². The van der Waals surface area contributed by atoms with Crippen LogP contribution in [-0.4, -0.2) is 16.8 Å². The number of ketones is 1. The molecule has 0 saturated heterocycles. The molecule has 21 heavy (non-hydrogen) atoms. The van der Waals surface area contributed by atoms with E-state index in [0.29, 0.717) is 16.7 Å². The molecule has 0 atom stereocenters. The second-order valence-electron chi connectivity index (χ2n) is 7.49. The Hall–Kier alpha value is -1.84. The Morgan fingerprint density at radius 2 is 1.38 bits per heavy atom. The predicted octanol–water partition coefficient (Wildman–Crippen LogP) is 3.05. The molecule has 0 aromatic heterocycles. The third kappa shape index (κ3) is 4.06. The largest absolute Gasteiger partial charge is 0.507 e. The molecule has 0 aliphatic carbocycles. The van der Waals surface area contributed by atoms with Crippen LogP contribution in [0.5, 0.6) is 5.75 Å². The van der Waals surface area contributed by atoms with Gasteiger partial charge in [-0.15, -0.1) is 0 Å². The van der Waals surface area contributed by atoms with Crippen LogP contribution < -0.4 is 5.73 Å². The molecule has 0 heterocycles. The van der Waals surface area contributed by atoms with Crippen LogP contribution in [0.2, 0.25) is 0 Å². The first kappa shape index (κ1) is 17.2. The van der Waals surface area contributed by atoms with E-state index in [-0.39, 0.29) is 28.8 Å². The highest BCUT2D eigenvalue weighted by Crippen LogP contribution is 2.39. The molecule has 0 radical (unpaired) electrons. The SMILES string of the molecule is CC(C)(C)c1cc(C(=O)CC(N)=O)cc(C(C)(C)C)c1O. The van der Waals surface area contributed by atoms with Gasteiger partial charge in [0.15, 0.2) is 5.78 Å². The van der Waals surface area contributed by atoms with Crippen molar-refractivity contribution in [2.45, 2.75) is 58.8 Å². The molecule has 1 aromatic rings. The number of phenols is 1. The number of nitrogens with two attached hydrogens (primary N) is 1. The van der Waals surface area contributed by atoms with Crippen LogP contribution in [0, 0.1) is 0 Å². The second kappa shape index (κ2) is 5.51. The number of carbonyl (C=O) groups is 2. The van der Waals surface area contributed by atoms with Crippen molar-refractivity contribution in [1.29, 1.82) is 0 Å². The lowest BCUT2D eigenvalue weighted by molar-refractivity contribution is -0.117. The van der Waals surface area contributed by atoms with Crippen molar-refractivity contribution in [2.75, 3.05) is 0 Å². The third-order valence-electron chi connectivity index (χ3n) is 3.38. The number of amides is 1. The average Bonchev–Trinajstić information content (AvgIpc) is 2.24. The van der Waals surface area contributed by atoms with Crippen molar-refractivity contribution in [3.05, 3.63) is 28.8 Å². The van der Waals surface area contributed by atoms with E-state index < -0.39 is 5.91 Å². The van der Waals surface area contributed by atoms with Gasteiger partial charge in [-0.3, -0.25) is 9.59 Å². The summed E-state index contributed by atoms with van der Waals surface area (Å²) in [5, 5.41) is 10.5. The van der Waals surface area contributed by atoms with Gasteiger partial charge in [0.05, 0.1) is 6.42 Å². The van der Waals surface area contributed by atoms with Gasteiger partial charge in [0.1, 0.15) is 5.75 Å². The Bertz CT molecular complexity index is 540. The van der Waals surface area contributed by atoms with E-state index in [1.165, 1.54) is 0 Å². The van der Waals surface area contributed by atoms with Crippen molar-refractivity contribution < 1.29 is 14.7 Å². The van der Waals surface area contributed by atoms with Crippen molar-refractivity contribution in [1.82, 2.24) is 0 Å². The molecule has 1 amide bonds. The Balaban J connectivity index is 3.55. The summed E-state index contributed by atoms with van der Waals surface area (Å²) < 4.78 is 0. The van der Waals surface area contributed by atoms with Gasteiger partial charge in [0.2, 0.25) is 5.91 Å². The average molecular weight is 291 g/mol. The summed E-state index contributed by atoms with van der Waals surface area (Å²) in [5.74, 6) is -0.758. The maximum Gasteiger partial charge on any atom is 0.225 e. The fourth-order valence-electron chi connectivity index (χ4n) is 2.20. The molecule has 0 aliphatic rings. The molecule has 0 saturated carbocycles. The molecule has 0 spiro atoms. The van der Waals surface area contributed by atoms with Crippen LogP contribution in [0.25, 0.3) is 0 Å². The minimum Gasteiger partial charge on any atom is -0.507 e. The highest BCUT2D eigenvalue weighted by atomic mass is 16.3. The first-order chi connectivity index (χ1) is 9.34. The molecule has 116 valence electrons. The molecular weight excluding hydrogens is 266 g/mol. The van der Waals surface area contributed by atoms with E-state index in [9.17, 15) is 14.7 Å². The molecule has 3 N–H and O–H groups in total. The molecule has 4 heteroatoms. The van der Waals surface area contributed by atoms with Crippen molar-refractivity contribution in [2.24, 2.45) is 5.73 Å². The van der Waals surface area contributed by atoms with Gasteiger partial charge in [0, 0.05) is 16.7 Å². The summed E-state index contributed by atoms with van der Waals surface area (Å²) >= 11 is 0. The van der Waals surface area contributed by atoms with Gasteiger partial charge in [-0.2, -0.15) is 0 Å². The number of carbonyl (C=O) groups excluding carboxylic acids is 2. The summed E-state index contributed by atoms with van der Waals surface area (Å²) in [6.07, 6.45) is -0.321. The van der Waals surface area contributed by atoms with E-state index in [2.05, 4.69) is 0 Å². The minimum atomic E-state index is -0.650. The Labute approximate surface area is 126 Å². The number of aromatic hydroxyl groups is 1. The zero-order chi connectivity index (χ0) is 16.6. The summed E-state index contributed by atoms with van der Waals surface area (Å²) in [5.41, 5.74) is 6.29. The number of primary amides is 1. The molecule has 0 fully saturated rings. The van der Waals surface area contributed by atoms with Crippen molar-refractivity contribution in [3.63, 3.8) is 0 Å². The first-order valence-electron chi connectivity index (χ1n) is 7.03. The topological polar surface area (TPSA) is 80.4 Å². The third-order valence-corrected chi connectivity index (χ3v) is 3.38. The van der Waals surface area contributed by atoms with Crippen molar-refractivity contribution >= 4 is 11.7 Å². The molecular formula is C17H25NO3. The number of benzene rings is 1. The van der Waals surface area contributed by atoms with E-state index in [1.807, 2.05) is 41.5 Å². The molecule has 0 aliphatic heterocycles. The number of rotatable bonds is 3. The van der Waals surface area contributed by atoms with Crippen LogP contribution in [0.15, 0.2) is 12.1 Å². The number of phenolic OH excluding ortho intramolecular Hbond substituents is 1. The Kier molecular flexibility index (Phi) is 4.51. The highest BCUT2D eigenvalue weighted by molar-refractivity contribution is 6.07. The van der Waals surface area contributed by atoms with Gasteiger partial charge in [-0.05, 0) is 23.0 Å². The van der Waals surface area contributed by atoms with Crippen LogP contribution >= 0.6 is 0 Å². The number of Topliss-reactive ketones (excluding diaryl/α,β-unsaturated/α-hetero) is 1. The van der Waals surface area contributed by atoms with Crippen LogP contribution in [0.1, 0.15) is 69.4 Å². The molecule has 1 aromatic carbocycles. The predicted molar refractivity (Wildman–Crippen MR) is 83.6 cm³/mol. The lowest BCUT2D eigenvalue weighted by atomic mass is 9.78. The maximum absolute atomic E-state index is 12.1. The van der Waals surface area contributed by atoms with E-state index >= 15 is 0 Å². The summed E-state index contributed by atoms with van der Waals surface area (Å²) in [6, 6.07) is 3.33. The second-order valence-corrected chi connectivity index (χ2v) is 7.49. The Morgan fingerprint density at radius 1 is 1.00 bits per heavy atom. The van der Waals surface area contributed by atoms with Gasteiger partial charge in [0.25, 0.3) is 0 Å². The molecule has 0 bridgehead atoms. The molecule has 0 unspecified atom stereocenters.